The molecule has 0 bridgehead atoms. The second kappa shape index (κ2) is 6.37. The van der Waals surface area contributed by atoms with Gasteiger partial charge in [-0.2, -0.15) is 5.20 Å². The van der Waals surface area contributed by atoms with E-state index in [1.165, 1.54) is 14.2 Å². The topological polar surface area (TPSA) is 59.6 Å². The van der Waals surface area contributed by atoms with Gasteiger partial charge < -0.3 is 8.37 Å². The molecule has 0 aromatic heterocycles. The van der Waals surface area contributed by atoms with Crippen molar-refractivity contribution < 1.29 is 12.9 Å². The van der Waals surface area contributed by atoms with Crippen LogP contribution < -0.4 is 10.6 Å². The predicted octanol–water partition coefficient (Wildman–Crippen LogP) is 2.58. The summed E-state index contributed by atoms with van der Waals surface area (Å²) in [7, 11) is 2.93. The van der Waals surface area contributed by atoms with E-state index in [9.17, 15) is 4.57 Å². The molecule has 0 aliphatic heterocycles. The monoisotopic (exact) mass is 260 g/mol. The van der Waals surface area contributed by atoms with Crippen molar-refractivity contribution in [3.8, 4) is 0 Å². The molecule has 0 aliphatic carbocycles. The van der Waals surface area contributed by atoms with Crippen molar-refractivity contribution in [3.05, 3.63) is 0 Å². The molecule has 0 saturated carbocycles. The van der Waals surface area contributed by atoms with Crippen molar-refractivity contribution in [3.63, 3.8) is 0 Å². The van der Waals surface area contributed by atoms with E-state index in [0.29, 0.717) is 0 Å². The minimum absolute atomic E-state index is 0.168. The third kappa shape index (κ3) is 7.11. The van der Waals surface area contributed by atoms with Crippen molar-refractivity contribution in [2.75, 3.05) is 14.2 Å². The van der Waals surface area contributed by atoms with Gasteiger partial charge >= 0.3 is 5.70 Å². The van der Waals surface area contributed by atoms with Crippen LogP contribution in [0.1, 0.15) is 20.8 Å². The molecule has 0 rings (SSSR count). The van der Waals surface area contributed by atoms with E-state index in [1.807, 2.05) is 20.8 Å². The highest BCUT2D eigenvalue weighted by atomic mass is 33.1. The van der Waals surface area contributed by atoms with Gasteiger partial charge in [0.05, 0.1) is 37.5 Å². The van der Waals surface area contributed by atoms with Crippen LogP contribution in [0.4, 0.5) is 0 Å². The van der Waals surface area contributed by atoms with Crippen LogP contribution in [0, 0.1) is 0 Å². The van der Waals surface area contributed by atoms with Gasteiger partial charge in [0.25, 0.3) is 0 Å². The summed E-state index contributed by atoms with van der Waals surface area (Å²) in [6, 6.07) is 0. The Hall–Kier alpha value is 0.770. The Bertz CT molecular complexity index is 200. The van der Waals surface area contributed by atoms with E-state index in [1.54, 1.807) is 0 Å². The summed E-state index contributed by atoms with van der Waals surface area (Å²) in [6.07, 6.45) is 0. The van der Waals surface area contributed by atoms with Gasteiger partial charge in [-0.25, -0.2) is 5.43 Å². The second-order valence-electron chi connectivity index (χ2n) is 3.47. The van der Waals surface area contributed by atoms with Crippen molar-refractivity contribution >= 4 is 29.0 Å². The minimum atomic E-state index is -2.79. The first-order valence-electron chi connectivity index (χ1n) is 3.92. The summed E-state index contributed by atoms with van der Waals surface area (Å²) >= 11 is 1.73. The molecule has 5 nitrogen and oxygen atoms in total. The molecule has 86 valence electrons. The van der Waals surface area contributed by atoms with Crippen LogP contribution in [-0.2, 0) is 12.9 Å². The Morgan fingerprint density at radius 3 is 1.86 bits per heavy atom. The third-order valence-corrected chi connectivity index (χ3v) is 5.70. The molecule has 0 atom stereocenters. The molecule has 0 fully saturated rings. The van der Waals surface area contributed by atoms with Crippen LogP contribution in [0.2, 0.25) is 0 Å². The normalized spacial score (nSPS) is 13.2. The number of rotatable bonds is 6. The third-order valence-electron chi connectivity index (χ3n) is 0.913. The van der Waals surface area contributed by atoms with E-state index in [4.69, 9.17) is 8.37 Å². The average molecular weight is 260 g/mol. The molecule has 0 spiro atoms. The summed E-state index contributed by atoms with van der Waals surface area (Å²) in [4.78, 5) is 0. The fraction of sp³-hybridized carbons (Fsp3) is 1.00. The molecular formula is C6H17N2O3PS2. The van der Waals surface area contributed by atoms with Gasteiger partial charge in [-0.15, -0.1) is 0 Å². The molecule has 0 heterocycles. The van der Waals surface area contributed by atoms with E-state index >= 15 is 0 Å². The van der Waals surface area contributed by atoms with E-state index < -0.39 is 5.70 Å². The molecule has 0 amide bonds. The molecule has 8 heteroatoms. The van der Waals surface area contributed by atoms with Crippen LogP contribution in [0.25, 0.3) is 0 Å². The summed E-state index contributed by atoms with van der Waals surface area (Å²) in [5.41, 5.74) is -0.0391. The zero-order chi connectivity index (χ0) is 11.2. The number of hydrogen-bond donors (Lipinski definition) is 2. The molecule has 0 aromatic rings. The molecular weight excluding hydrogens is 243 g/mol. The Morgan fingerprint density at radius 2 is 1.57 bits per heavy atom. The zero-order valence-electron chi connectivity index (χ0n) is 8.99. The quantitative estimate of drug-likeness (QED) is 0.432. The lowest BCUT2D eigenvalue weighted by Gasteiger charge is -2.24. The zero-order valence-corrected chi connectivity index (χ0v) is 11.5. The second-order valence-corrected chi connectivity index (χ2v) is 10.3. The SMILES string of the molecule is COSP(=O)(NNC(C)(C)C)SOC. The van der Waals surface area contributed by atoms with Crippen molar-refractivity contribution in [2.24, 2.45) is 0 Å². The molecule has 14 heavy (non-hydrogen) atoms. The van der Waals surface area contributed by atoms with Crippen LogP contribution in [0.15, 0.2) is 0 Å². The summed E-state index contributed by atoms with van der Waals surface area (Å²) in [5, 5.41) is 2.72. The van der Waals surface area contributed by atoms with Crippen molar-refractivity contribution in [1.82, 2.24) is 10.6 Å². The van der Waals surface area contributed by atoms with Crippen LogP contribution in [0.3, 0.4) is 0 Å². The molecule has 0 aliphatic rings. The van der Waals surface area contributed by atoms with Crippen molar-refractivity contribution in [1.29, 1.82) is 0 Å². The smallest absolute Gasteiger partial charge is 0.310 e. The van der Waals surface area contributed by atoms with Crippen molar-refractivity contribution in [2.45, 2.75) is 26.3 Å². The van der Waals surface area contributed by atoms with Gasteiger partial charge in [-0.3, -0.25) is 4.57 Å². The Kier molecular flexibility index (Phi) is 6.72. The van der Waals surface area contributed by atoms with E-state index in [0.717, 1.165) is 23.3 Å². The number of nitrogens with one attached hydrogen (secondary N) is 2. The fourth-order valence-electron chi connectivity index (χ4n) is 0.482. The maximum Gasteiger partial charge on any atom is 0.319 e. The molecule has 0 unspecified atom stereocenters. The average Bonchev–Trinajstić information content (AvgIpc) is 2.01. The van der Waals surface area contributed by atoms with Gasteiger partial charge in [-0.1, -0.05) is 0 Å². The Balaban J connectivity index is 4.16. The molecule has 0 saturated heterocycles. The number of hydrogen-bond acceptors (Lipinski definition) is 6. The van der Waals surface area contributed by atoms with Gasteiger partial charge in [-0.05, 0) is 20.8 Å². The standard InChI is InChI=1S/C6H17N2O3PS2/c1-6(2,3)7-8-12(9,13-10-4)14-11-5/h7H,1-5H3,(H,8,9). The van der Waals surface area contributed by atoms with Gasteiger partial charge in [0.1, 0.15) is 0 Å². The van der Waals surface area contributed by atoms with Gasteiger partial charge in [0, 0.05) is 5.54 Å². The lowest BCUT2D eigenvalue weighted by molar-refractivity contribution is 0.405. The first kappa shape index (κ1) is 14.8. The molecule has 0 aromatic carbocycles. The fourth-order valence-corrected chi connectivity index (χ4v) is 4.51. The van der Waals surface area contributed by atoms with E-state index in [2.05, 4.69) is 10.6 Å². The van der Waals surface area contributed by atoms with Gasteiger partial charge in [0.15, 0.2) is 0 Å². The maximum absolute atomic E-state index is 12.0. The number of hydrazine groups is 1. The predicted molar refractivity (Wildman–Crippen MR) is 62.8 cm³/mol. The van der Waals surface area contributed by atoms with E-state index in [-0.39, 0.29) is 5.54 Å². The Labute approximate surface area is 93.4 Å². The highest BCUT2D eigenvalue weighted by Crippen LogP contribution is 2.65. The Morgan fingerprint density at radius 1 is 1.14 bits per heavy atom. The lowest BCUT2D eigenvalue weighted by atomic mass is 10.1. The minimum Gasteiger partial charge on any atom is -0.310 e. The summed E-state index contributed by atoms with van der Waals surface area (Å²) < 4.78 is 21.5. The largest absolute Gasteiger partial charge is 0.319 e. The molecule has 0 radical (unpaired) electrons. The summed E-state index contributed by atoms with van der Waals surface area (Å²) in [6.45, 7) is 5.87. The first-order valence-corrected chi connectivity index (χ1v) is 8.32. The molecule has 2 N–H and O–H groups in total. The maximum atomic E-state index is 12.0. The van der Waals surface area contributed by atoms with Gasteiger partial charge in [0.2, 0.25) is 0 Å². The highest BCUT2D eigenvalue weighted by molar-refractivity contribution is 8.87. The van der Waals surface area contributed by atoms with Crippen LogP contribution >= 0.6 is 29.0 Å². The first-order chi connectivity index (χ1) is 6.33. The van der Waals surface area contributed by atoms with Crippen LogP contribution in [-0.4, -0.2) is 19.8 Å². The highest BCUT2D eigenvalue weighted by Gasteiger charge is 2.27. The summed E-state index contributed by atoms with van der Waals surface area (Å²) in [5.74, 6) is 0. The lowest BCUT2D eigenvalue weighted by Crippen LogP contribution is -2.43. The van der Waals surface area contributed by atoms with Crippen LogP contribution in [0.5, 0.6) is 0 Å².